The van der Waals surface area contributed by atoms with E-state index in [9.17, 15) is 24.8 Å². The van der Waals surface area contributed by atoms with E-state index in [4.69, 9.17) is 0 Å². The normalized spacial score (nSPS) is 21.4. The Hall–Kier alpha value is -2.52. The molecule has 0 bridgehead atoms. The average molecular weight is 351 g/mol. The molecule has 1 fully saturated rings. The number of carboxylic acid groups (broad SMARTS) is 1. The highest BCUT2D eigenvalue weighted by Gasteiger charge is 2.31. The first-order valence-electron chi connectivity index (χ1n) is 8.19. The number of amides is 1. The first-order chi connectivity index (χ1) is 11.8. The van der Waals surface area contributed by atoms with Gasteiger partial charge in [-0.2, -0.15) is 0 Å². The molecule has 0 unspecified atom stereocenters. The van der Waals surface area contributed by atoms with Crippen molar-refractivity contribution in [2.24, 2.45) is 0 Å². The number of piperazine rings is 1. The zero-order chi connectivity index (χ0) is 18.6. The molecule has 25 heavy (non-hydrogen) atoms. The van der Waals surface area contributed by atoms with Gasteiger partial charge >= 0.3 is 0 Å². The van der Waals surface area contributed by atoms with E-state index in [0.29, 0.717) is 24.3 Å². The lowest BCUT2D eigenvalue weighted by Gasteiger charge is -2.33. The summed E-state index contributed by atoms with van der Waals surface area (Å²) in [6.45, 7) is 4.71. The Kier molecular flexibility index (Phi) is 6.05. The number of nitro groups is 1. The van der Waals surface area contributed by atoms with Crippen LogP contribution in [0.4, 0.5) is 11.4 Å². The van der Waals surface area contributed by atoms with E-state index in [1.807, 2.05) is 7.05 Å². The number of likely N-dealkylation sites (N-methyl/N-ethyl adjacent to an activating group) is 1. The number of anilines is 1. The Balaban J connectivity index is 2.05. The molecular formula is C16H23N4O5+. The summed E-state index contributed by atoms with van der Waals surface area (Å²) in [5, 5.41) is 24.9. The van der Waals surface area contributed by atoms with Gasteiger partial charge in [0, 0.05) is 12.1 Å². The molecule has 1 saturated heterocycles. The Labute approximate surface area is 145 Å². The molecule has 1 atom stereocenters. The number of hydrogen-bond donors (Lipinski definition) is 3. The van der Waals surface area contributed by atoms with E-state index in [1.54, 1.807) is 13.0 Å². The molecule has 2 rings (SSSR count). The quantitative estimate of drug-likeness (QED) is 0.367. The minimum atomic E-state index is -1.25. The van der Waals surface area contributed by atoms with Gasteiger partial charge in [0.1, 0.15) is 32.2 Å². The number of benzene rings is 1. The zero-order valence-electron chi connectivity index (χ0n) is 14.3. The van der Waals surface area contributed by atoms with E-state index in [1.165, 1.54) is 17.0 Å². The zero-order valence-corrected chi connectivity index (χ0v) is 14.3. The molecule has 9 nitrogen and oxygen atoms in total. The van der Waals surface area contributed by atoms with E-state index >= 15 is 0 Å². The van der Waals surface area contributed by atoms with Crippen molar-refractivity contribution in [3.63, 3.8) is 0 Å². The summed E-state index contributed by atoms with van der Waals surface area (Å²) in [7, 11) is 2.04. The number of nitrogens with zero attached hydrogens (tertiary/aromatic N) is 1. The number of nitro benzene ring substituents is 1. The van der Waals surface area contributed by atoms with Crippen LogP contribution in [0.15, 0.2) is 18.2 Å². The monoisotopic (exact) mass is 351 g/mol. The molecule has 9 heteroatoms. The van der Waals surface area contributed by atoms with Crippen molar-refractivity contribution in [1.82, 2.24) is 0 Å². The second-order valence-corrected chi connectivity index (χ2v) is 6.50. The standard InChI is InChI=1S/C16H22N4O5/c1-11-3-4-12(20(24)25)9-13(11)17-15(21)10-14(16(22)23)19-7-5-18(2)6-8-19/h3-4,9,14H,5-8,10H2,1-2H3,(H,17,21)(H,22,23)/p+1/t14-/m0/s1. The maximum absolute atomic E-state index is 12.3. The Bertz CT molecular complexity index is 670. The Morgan fingerprint density at radius 1 is 1.28 bits per heavy atom. The smallest absolute Gasteiger partial charge is 0.271 e. The summed E-state index contributed by atoms with van der Waals surface area (Å²) < 4.78 is 0. The topological polar surface area (TPSA) is 121 Å². The summed E-state index contributed by atoms with van der Waals surface area (Å²) >= 11 is 0. The third-order valence-corrected chi connectivity index (χ3v) is 4.62. The summed E-state index contributed by atoms with van der Waals surface area (Å²) in [4.78, 5) is 36.2. The maximum atomic E-state index is 12.3. The number of carbonyl (C=O) groups is 2. The molecule has 1 amide bonds. The van der Waals surface area contributed by atoms with Gasteiger partial charge in [-0.1, -0.05) is 6.07 Å². The lowest BCUT2D eigenvalue weighted by Crippen LogP contribution is -3.29. The van der Waals surface area contributed by atoms with E-state index in [0.717, 1.165) is 18.0 Å². The van der Waals surface area contributed by atoms with Crippen molar-refractivity contribution in [2.75, 3.05) is 38.5 Å². The van der Waals surface area contributed by atoms with Crippen LogP contribution in [-0.4, -0.2) is 56.1 Å². The number of nitrogens with one attached hydrogen (secondary N) is 3. The molecular weight excluding hydrogens is 328 g/mol. The third kappa shape index (κ3) is 4.97. The van der Waals surface area contributed by atoms with Gasteiger partial charge in [0.25, 0.3) is 5.69 Å². The van der Waals surface area contributed by atoms with Crippen LogP contribution in [-0.2, 0) is 9.59 Å². The lowest BCUT2D eigenvalue weighted by molar-refractivity contribution is -1.01. The van der Waals surface area contributed by atoms with Crippen LogP contribution in [0.25, 0.3) is 0 Å². The number of rotatable bonds is 6. The molecule has 0 radical (unpaired) electrons. The Morgan fingerprint density at radius 3 is 2.48 bits per heavy atom. The van der Waals surface area contributed by atoms with Crippen LogP contribution < -0.4 is 20.2 Å². The number of carbonyl (C=O) groups excluding carboxylic acids is 2. The Morgan fingerprint density at radius 2 is 1.92 bits per heavy atom. The fourth-order valence-electron chi connectivity index (χ4n) is 2.99. The van der Waals surface area contributed by atoms with Crippen LogP contribution in [0.2, 0.25) is 0 Å². The number of quaternary nitrogens is 2. The molecule has 136 valence electrons. The molecule has 0 aliphatic carbocycles. The highest BCUT2D eigenvalue weighted by atomic mass is 16.6. The van der Waals surface area contributed by atoms with E-state index in [-0.39, 0.29) is 12.1 Å². The van der Waals surface area contributed by atoms with Crippen LogP contribution in [0.5, 0.6) is 0 Å². The molecule has 3 N–H and O–H groups in total. The minimum Gasteiger partial charge on any atom is -0.544 e. The highest BCUT2D eigenvalue weighted by Crippen LogP contribution is 2.21. The molecule has 0 aromatic heterocycles. The van der Waals surface area contributed by atoms with Crippen LogP contribution in [0.3, 0.4) is 0 Å². The van der Waals surface area contributed by atoms with Crippen molar-refractivity contribution in [3.8, 4) is 0 Å². The fraction of sp³-hybridized carbons (Fsp3) is 0.500. The average Bonchev–Trinajstić information content (AvgIpc) is 2.55. The van der Waals surface area contributed by atoms with Gasteiger partial charge < -0.3 is 25.0 Å². The molecule has 1 aromatic rings. The first kappa shape index (κ1) is 18.8. The second kappa shape index (κ2) is 8.04. The first-order valence-corrected chi connectivity index (χ1v) is 8.19. The van der Waals surface area contributed by atoms with Crippen molar-refractivity contribution in [3.05, 3.63) is 33.9 Å². The molecule has 1 aromatic carbocycles. The number of aliphatic carboxylic acids is 1. The van der Waals surface area contributed by atoms with Gasteiger partial charge in [-0.3, -0.25) is 14.9 Å². The summed E-state index contributed by atoms with van der Waals surface area (Å²) in [6, 6.07) is 3.24. The van der Waals surface area contributed by atoms with E-state index in [2.05, 4.69) is 5.32 Å². The predicted molar refractivity (Wildman–Crippen MR) is 87.2 cm³/mol. The largest absolute Gasteiger partial charge is 0.544 e. The number of carboxylic acids is 1. The van der Waals surface area contributed by atoms with Crippen LogP contribution in [0, 0.1) is 17.0 Å². The lowest BCUT2D eigenvalue weighted by atomic mass is 10.1. The van der Waals surface area contributed by atoms with Crippen LogP contribution in [0.1, 0.15) is 12.0 Å². The van der Waals surface area contributed by atoms with Gasteiger partial charge in [0.2, 0.25) is 5.91 Å². The summed E-state index contributed by atoms with van der Waals surface area (Å²) in [5.41, 5.74) is 0.846. The van der Waals surface area contributed by atoms with Gasteiger partial charge in [-0.15, -0.1) is 0 Å². The van der Waals surface area contributed by atoms with Crippen LogP contribution >= 0.6 is 0 Å². The molecule has 1 heterocycles. The van der Waals surface area contributed by atoms with Gasteiger partial charge in [-0.25, -0.2) is 0 Å². The third-order valence-electron chi connectivity index (χ3n) is 4.62. The number of hydrogen-bond acceptors (Lipinski definition) is 5. The van der Waals surface area contributed by atoms with Crippen molar-refractivity contribution in [1.29, 1.82) is 0 Å². The summed E-state index contributed by atoms with van der Waals surface area (Å²) in [6.07, 6.45) is -0.223. The van der Waals surface area contributed by atoms with Crippen molar-refractivity contribution < 1.29 is 29.4 Å². The molecule has 1 aliphatic rings. The molecule has 0 saturated carbocycles. The van der Waals surface area contributed by atoms with E-state index < -0.39 is 22.8 Å². The highest BCUT2D eigenvalue weighted by molar-refractivity contribution is 5.94. The predicted octanol–water partition coefficient (Wildman–Crippen LogP) is -3.24. The number of non-ortho nitro benzene ring substituents is 1. The van der Waals surface area contributed by atoms with Gasteiger partial charge in [-0.05, 0) is 12.5 Å². The fourth-order valence-corrected chi connectivity index (χ4v) is 2.99. The van der Waals surface area contributed by atoms with Gasteiger partial charge in [0.15, 0.2) is 0 Å². The summed E-state index contributed by atoms with van der Waals surface area (Å²) in [5.74, 6) is -1.74. The van der Waals surface area contributed by atoms with Gasteiger partial charge in [0.05, 0.1) is 30.0 Å². The molecule has 0 spiro atoms. The minimum absolute atomic E-state index is 0.134. The molecule has 1 aliphatic heterocycles. The maximum Gasteiger partial charge on any atom is 0.271 e. The van der Waals surface area contributed by atoms with Crippen molar-refractivity contribution in [2.45, 2.75) is 19.4 Å². The SMILES string of the molecule is Cc1ccc([N+](=O)[O-])cc1NC(=O)C[C@@H](C(=O)[O-])[NH+]1CC[NH+](C)CC1. The van der Waals surface area contributed by atoms with Crippen molar-refractivity contribution >= 4 is 23.3 Å². The number of aryl methyl sites for hydroxylation is 1. The second-order valence-electron chi connectivity index (χ2n) is 6.50.